The van der Waals surface area contributed by atoms with Gasteiger partial charge in [0.15, 0.2) is 8.07 Å². The molecular formula is C66H46BN3O2Si. The molecule has 0 aliphatic carbocycles. The van der Waals surface area contributed by atoms with Gasteiger partial charge in [0.25, 0.3) is 6.71 Å². The summed E-state index contributed by atoms with van der Waals surface area (Å²) in [5.74, 6) is 3.30. The summed E-state index contributed by atoms with van der Waals surface area (Å²) in [6.07, 6.45) is 0. The Morgan fingerprint density at radius 1 is 0.315 bits per heavy atom. The number of fused-ring (bicyclic) bond motifs is 6. The van der Waals surface area contributed by atoms with Crippen LogP contribution in [0.4, 0.5) is 51.2 Å². The molecule has 0 saturated carbocycles. The topological polar surface area (TPSA) is 28.2 Å². The van der Waals surface area contributed by atoms with E-state index in [-0.39, 0.29) is 6.71 Å². The minimum Gasteiger partial charge on any atom is -0.458 e. The molecule has 0 unspecified atom stereocenters. The van der Waals surface area contributed by atoms with E-state index in [2.05, 4.69) is 294 Å². The number of ether oxygens (including phenoxy) is 2. The Balaban J connectivity index is 1.09. The van der Waals surface area contributed by atoms with Crippen LogP contribution in [0.2, 0.25) is 0 Å². The van der Waals surface area contributed by atoms with Gasteiger partial charge in [0.2, 0.25) is 0 Å². The van der Waals surface area contributed by atoms with Crippen molar-refractivity contribution in [3.05, 3.63) is 279 Å². The molecule has 3 aliphatic rings. The van der Waals surface area contributed by atoms with E-state index in [1.54, 1.807) is 0 Å². The van der Waals surface area contributed by atoms with E-state index in [0.717, 1.165) is 90.6 Å². The average molecular weight is 952 g/mol. The predicted molar refractivity (Wildman–Crippen MR) is 305 cm³/mol. The lowest BCUT2D eigenvalue weighted by Crippen LogP contribution is -2.77. The van der Waals surface area contributed by atoms with Crippen molar-refractivity contribution in [2.24, 2.45) is 0 Å². The summed E-state index contributed by atoms with van der Waals surface area (Å²) in [4.78, 5) is 7.25. The van der Waals surface area contributed by atoms with Gasteiger partial charge in [-0.3, -0.25) is 0 Å². The van der Waals surface area contributed by atoms with Gasteiger partial charge in [-0.25, -0.2) is 0 Å². The summed E-state index contributed by atoms with van der Waals surface area (Å²) in [5.41, 5.74) is 12.9. The van der Waals surface area contributed by atoms with Crippen LogP contribution in [0, 0.1) is 0 Å². The zero-order valence-corrected chi connectivity index (χ0v) is 40.8. The summed E-state index contributed by atoms with van der Waals surface area (Å²) in [6, 6.07) is 101. The molecule has 0 radical (unpaired) electrons. The van der Waals surface area contributed by atoms with Gasteiger partial charge in [0, 0.05) is 63.1 Å². The lowest BCUT2D eigenvalue weighted by molar-refractivity contribution is 0.465. The van der Waals surface area contributed by atoms with Gasteiger partial charge in [-0.15, -0.1) is 0 Å². The Morgan fingerprint density at radius 2 is 0.658 bits per heavy atom. The first-order valence-corrected chi connectivity index (χ1v) is 26.9. The molecule has 0 amide bonds. The molecule has 11 aromatic carbocycles. The zero-order chi connectivity index (χ0) is 48.3. The lowest BCUT2D eigenvalue weighted by atomic mass is 9.35. The summed E-state index contributed by atoms with van der Waals surface area (Å²) in [7, 11) is -3.31. The number of hydrogen-bond donors (Lipinski definition) is 0. The Labute approximate surface area is 427 Å². The number of nitrogens with zero attached hydrogens (tertiary/aromatic N) is 3. The zero-order valence-electron chi connectivity index (χ0n) is 39.8. The molecule has 0 fully saturated rings. The van der Waals surface area contributed by atoms with E-state index < -0.39 is 8.07 Å². The standard InChI is InChI=1S/C66H46BN3O2Si/c1-7-23-47(24-8-1)68(48-25-9-2-10-26-48)51-39-41-58-64(45-51)73(54-31-15-5-16-32-54,55-33-17-6-18-34-55)65-46-52(69(49-27-11-3-12-28-49)50-29-13-4-14-30-50)40-42-59(65)70(58)53-43-62-66-63(44-53)72-61-38-22-20-36-57(61)67(66)56-35-19-21-37-60(56)71-62/h1-46H. The molecule has 0 aromatic heterocycles. The molecule has 7 heteroatoms. The quantitative estimate of drug-likeness (QED) is 0.134. The van der Waals surface area contributed by atoms with Gasteiger partial charge < -0.3 is 24.2 Å². The van der Waals surface area contributed by atoms with E-state index in [4.69, 9.17) is 9.47 Å². The minimum absolute atomic E-state index is 0.0416. The van der Waals surface area contributed by atoms with Crippen LogP contribution in [0.25, 0.3) is 0 Å². The second-order valence-electron chi connectivity index (χ2n) is 18.8. The number of hydrogen-bond acceptors (Lipinski definition) is 5. The van der Waals surface area contributed by atoms with Crippen LogP contribution in [-0.2, 0) is 0 Å². The first-order valence-electron chi connectivity index (χ1n) is 24.9. The molecule has 5 nitrogen and oxygen atoms in total. The van der Waals surface area contributed by atoms with E-state index in [1.165, 1.54) is 20.7 Å². The smallest absolute Gasteiger partial charge is 0.260 e. The van der Waals surface area contributed by atoms with Gasteiger partial charge in [-0.2, -0.15) is 0 Å². The number of benzene rings is 11. The van der Waals surface area contributed by atoms with Crippen LogP contribution in [-0.4, -0.2) is 14.8 Å². The normalized spacial score (nSPS) is 13.2. The fraction of sp³-hybridized carbons (Fsp3) is 0. The maximum atomic E-state index is 7.01. The number of para-hydroxylation sites is 6. The fourth-order valence-electron chi connectivity index (χ4n) is 11.7. The molecular weight excluding hydrogens is 906 g/mol. The third-order valence-electron chi connectivity index (χ3n) is 14.8. The summed E-state index contributed by atoms with van der Waals surface area (Å²) < 4.78 is 14.0. The largest absolute Gasteiger partial charge is 0.458 e. The van der Waals surface area contributed by atoms with Crippen molar-refractivity contribution >= 4 is 103 Å². The first kappa shape index (κ1) is 42.6. The van der Waals surface area contributed by atoms with Crippen molar-refractivity contribution in [1.29, 1.82) is 0 Å². The second kappa shape index (κ2) is 17.5. The molecule has 0 spiro atoms. The molecule has 344 valence electrons. The van der Waals surface area contributed by atoms with E-state index >= 15 is 0 Å². The van der Waals surface area contributed by atoms with Gasteiger partial charge in [0.05, 0.1) is 5.69 Å². The Morgan fingerprint density at radius 3 is 1.04 bits per heavy atom. The lowest BCUT2D eigenvalue weighted by Gasteiger charge is -2.46. The number of anilines is 9. The third kappa shape index (κ3) is 6.92. The van der Waals surface area contributed by atoms with Crippen LogP contribution < -0.4 is 61.3 Å². The second-order valence-corrected chi connectivity index (χ2v) is 22.5. The summed E-state index contributed by atoms with van der Waals surface area (Å²) >= 11 is 0. The average Bonchev–Trinajstić information content (AvgIpc) is 3.46. The first-order chi connectivity index (χ1) is 36.2. The van der Waals surface area contributed by atoms with Gasteiger partial charge in [0.1, 0.15) is 23.0 Å². The molecule has 14 rings (SSSR count). The van der Waals surface area contributed by atoms with Crippen molar-refractivity contribution in [3.63, 3.8) is 0 Å². The Kier molecular flexibility index (Phi) is 10.2. The molecule has 73 heavy (non-hydrogen) atoms. The maximum Gasteiger partial charge on any atom is 0.260 e. The van der Waals surface area contributed by atoms with E-state index in [0.29, 0.717) is 0 Å². The van der Waals surface area contributed by atoms with Crippen LogP contribution >= 0.6 is 0 Å². The van der Waals surface area contributed by atoms with Crippen molar-refractivity contribution in [2.75, 3.05) is 14.7 Å². The maximum absolute atomic E-state index is 7.01. The van der Waals surface area contributed by atoms with Crippen molar-refractivity contribution in [3.8, 4) is 23.0 Å². The van der Waals surface area contributed by atoms with Crippen LogP contribution in [0.5, 0.6) is 23.0 Å². The fourth-order valence-corrected chi connectivity index (χ4v) is 16.9. The predicted octanol–water partition coefficient (Wildman–Crippen LogP) is 12.5. The van der Waals surface area contributed by atoms with Crippen molar-refractivity contribution < 1.29 is 9.47 Å². The van der Waals surface area contributed by atoms with Gasteiger partial charge in [-0.1, -0.05) is 170 Å². The van der Waals surface area contributed by atoms with Crippen molar-refractivity contribution in [2.45, 2.75) is 0 Å². The summed E-state index contributed by atoms with van der Waals surface area (Å²) in [5, 5.41) is 5.10. The molecule has 11 aromatic rings. The minimum atomic E-state index is -3.31. The highest BCUT2D eigenvalue weighted by molar-refractivity contribution is 7.21. The molecule has 0 atom stereocenters. The summed E-state index contributed by atoms with van der Waals surface area (Å²) in [6.45, 7) is -0.0416. The molecule has 0 bridgehead atoms. The van der Waals surface area contributed by atoms with Crippen molar-refractivity contribution in [1.82, 2.24) is 0 Å². The highest BCUT2D eigenvalue weighted by Gasteiger charge is 2.50. The van der Waals surface area contributed by atoms with Crippen LogP contribution in [0.15, 0.2) is 279 Å². The molecule has 3 heterocycles. The van der Waals surface area contributed by atoms with Crippen LogP contribution in [0.3, 0.4) is 0 Å². The molecule has 0 saturated heterocycles. The van der Waals surface area contributed by atoms with E-state index in [9.17, 15) is 0 Å². The van der Waals surface area contributed by atoms with E-state index in [1.807, 2.05) is 0 Å². The highest BCUT2D eigenvalue weighted by atomic mass is 28.3. The Bertz CT molecular complexity index is 3500. The monoisotopic (exact) mass is 951 g/mol. The van der Waals surface area contributed by atoms with Gasteiger partial charge in [-0.05, 0) is 129 Å². The molecule has 3 aliphatic heterocycles. The highest BCUT2D eigenvalue weighted by Crippen LogP contribution is 2.47. The third-order valence-corrected chi connectivity index (χ3v) is 19.6. The number of rotatable bonds is 9. The molecule has 0 N–H and O–H groups in total. The van der Waals surface area contributed by atoms with Gasteiger partial charge >= 0.3 is 0 Å². The SMILES string of the molecule is c1ccc(N(c2ccccc2)c2ccc3c(c2)[Si](c2ccccc2)(c2ccccc2)c2cc(N(c4ccccc4)c4ccccc4)ccc2N3c2cc3c4c(c2)Oc2ccccc2B4c2ccccc2O3)cc1. The van der Waals surface area contributed by atoms with Crippen LogP contribution in [0.1, 0.15) is 0 Å². The Hall–Kier alpha value is -9.30.